The lowest BCUT2D eigenvalue weighted by atomic mass is 10.1. The molecule has 1 aromatic carbocycles. The maximum atomic E-state index is 13.1. The Morgan fingerprint density at radius 3 is 2.62 bits per heavy atom. The third kappa shape index (κ3) is 5.31. The molecule has 0 saturated heterocycles. The molecule has 2 aromatic heterocycles. The molecule has 0 unspecified atom stereocenters. The molecule has 1 amide bonds. The van der Waals surface area contributed by atoms with Crippen LogP contribution in [0.3, 0.4) is 0 Å². The molecule has 0 spiro atoms. The van der Waals surface area contributed by atoms with E-state index in [1.807, 2.05) is 6.07 Å². The normalized spacial score (nSPS) is 14.3. The van der Waals surface area contributed by atoms with Crippen LogP contribution in [0.2, 0.25) is 0 Å². The average Bonchev–Trinajstić information content (AvgIpc) is 3.69. The predicted molar refractivity (Wildman–Crippen MR) is 138 cm³/mol. The Labute approximate surface area is 214 Å². The van der Waals surface area contributed by atoms with Crippen molar-refractivity contribution in [1.82, 2.24) is 19.8 Å². The minimum Gasteiger partial charge on any atom is -0.474 e. The summed E-state index contributed by atoms with van der Waals surface area (Å²) in [5.74, 6) is -0.451. The van der Waals surface area contributed by atoms with Gasteiger partial charge in [-0.15, -0.1) is 0 Å². The molecule has 0 atom stereocenters. The fourth-order valence-corrected chi connectivity index (χ4v) is 5.09. The van der Waals surface area contributed by atoms with Crippen molar-refractivity contribution in [2.75, 3.05) is 20.7 Å². The first-order valence-corrected chi connectivity index (χ1v) is 12.9. The first kappa shape index (κ1) is 25.8. The van der Waals surface area contributed by atoms with Crippen molar-refractivity contribution in [3.63, 3.8) is 0 Å². The molecule has 1 N–H and O–H groups in total. The number of fused-ring (bicyclic) bond motifs is 1. The molecule has 1 fully saturated rings. The Balaban J connectivity index is 1.55. The monoisotopic (exact) mass is 522 g/mol. The molecule has 4 rings (SSSR count). The highest BCUT2D eigenvalue weighted by atomic mass is 32.2. The van der Waals surface area contributed by atoms with E-state index in [2.05, 4.69) is 14.7 Å². The third-order valence-corrected chi connectivity index (χ3v) is 8.11. The molecular formula is C25H26N6O5S. The number of rotatable bonds is 9. The number of carbonyl (C=O) groups is 1. The summed E-state index contributed by atoms with van der Waals surface area (Å²) in [5.41, 5.74) is 1.04. The molecule has 0 bridgehead atoms. The van der Waals surface area contributed by atoms with Gasteiger partial charge in [0, 0.05) is 39.3 Å². The Hall–Kier alpha value is -4.24. The van der Waals surface area contributed by atoms with Crippen molar-refractivity contribution in [2.45, 2.75) is 24.1 Å². The van der Waals surface area contributed by atoms with E-state index in [-0.39, 0.29) is 24.6 Å². The maximum Gasteiger partial charge on any atom is 0.263 e. The van der Waals surface area contributed by atoms with Crippen molar-refractivity contribution >= 4 is 33.2 Å². The molecular weight excluding hydrogens is 496 g/mol. The maximum absolute atomic E-state index is 13.1. The Kier molecular flexibility index (Phi) is 7.00. The van der Waals surface area contributed by atoms with Crippen LogP contribution in [0.25, 0.3) is 10.9 Å². The summed E-state index contributed by atoms with van der Waals surface area (Å²) in [6.45, 7) is 0.0243. The molecule has 11 nitrogen and oxygen atoms in total. The molecule has 2 heterocycles. The van der Waals surface area contributed by atoms with Gasteiger partial charge in [-0.1, -0.05) is 12.1 Å². The van der Waals surface area contributed by atoms with Gasteiger partial charge < -0.3 is 19.5 Å². The van der Waals surface area contributed by atoms with E-state index in [4.69, 9.17) is 10.00 Å². The number of amides is 1. The summed E-state index contributed by atoms with van der Waals surface area (Å²) >= 11 is 0. The van der Waals surface area contributed by atoms with Crippen molar-refractivity contribution in [2.24, 2.45) is 11.4 Å². The van der Waals surface area contributed by atoms with Crippen LogP contribution in [0.15, 0.2) is 51.8 Å². The zero-order valence-corrected chi connectivity index (χ0v) is 21.4. The van der Waals surface area contributed by atoms with Gasteiger partial charge in [-0.2, -0.15) is 9.66 Å². The van der Waals surface area contributed by atoms with Gasteiger partial charge in [0.2, 0.25) is 5.88 Å². The number of aryl methyl sites for hydroxylation is 1. The van der Waals surface area contributed by atoms with Crippen molar-refractivity contribution < 1.29 is 17.9 Å². The molecule has 12 heteroatoms. The van der Waals surface area contributed by atoms with Gasteiger partial charge in [0.05, 0.1) is 11.6 Å². The van der Waals surface area contributed by atoms with E-state index in [0.29, 0.717) is 29.3 Å². The van der Waals surface area contributed by atoms with Crippen LogP contribution in [0.4, 0.5) is 0 Å². The Morgan fingerprint density at radius 2 is 2.00 bits per heavy atom. The average molecular weight is 523 g/mol. The van der Waals surface area contributed by atoms with Crippen LogP contribution in [0, 0.1) is 11.3 Å². The molecule has 3 aromatic rings. The van der Waals surface area contributed by atoms with E-state index in [0.717, 1.165) is 5.56 Å². The number of hydrogen-bond donors (Lipinski definition) is 1. The molecule has 0 aliphatic heterocycles. The fraction of sp³-hybridized carbons (Fsp3) is 0.320. The van der Waals surface area contributed by atoms with Crippen LogP contribution in [-0.2, 0) is 23.6 Å². The zero-order chi connectivity index (χ0) is 26.8. The first-order chi connectivity index (χ1) is 17.6. The fourth-order valence-electron chi connectivity index (χ4n) is 3.73. The number of nitrogens with zero attached hydrogens (tertiary/aromatic N) is 5. The van der Waals surface area contributed by atoms with E-state index < -0.39 is 26.2 Å². The second-order valence-electron chi connectivity index (χ2n) is 9.10. The molecule has 0 radical (unpaired) electrons. The summed E-state index contributed by atoms with van der Waals surface area (Å²) in [5, 5.41) is 12.2. The Bertz CT molecular complexity index is 1580. The summed E-state index contributed by atoms with van der Waals surface area (Å²) in [7, 11) is 1.06. The third-order valence-electron chi connectivity index (χ3n) is 6.12. The van der Waals surface area contributed by atoms with E-state index >= 15 is 0 Å². The predicted octanol–water partition coefficient (Wildman–Crippen LogP) is 1.57. The largest absolute Gasteiger partial charge is 0.474 e. The highest BCUT2D eigenvalue weighted by molar-refractivity contribution is 7.92. The summed E-state index contributed by atoms with van der Waals surface area (Å²) in [6.07, 6.45) is 3.53. The minimum absolute atomic E-state index is 0.0555. The lowest BCUT2D eigenvalue weighted by Crippen LogP contribution is -2.32. The van der Waals surface area contributed by atoms with Gasteiger partial charge in [0.25, 0.3) is 21.5 Å². The lowest BCUT2D eigenvalue weighted by molar-refractivity contribution is 0.0949. The van der Waals surface area contributed by atoms with E-state index in [9.17, 15) is 18.0 Å². The lowest BCUT2D eigenvalue weighted by Gasteiger charge is -2.16. The number of nitrogens with one attached hydrogen (secondary N) is 1. The second-order valence-corrected chi connectivity index (χ2v) is 11.1. The van der Waals surface area contributed by atoms with Gasteiger partial charge >= 0.3 is 0 Å². The van der Waals surface area contributed by atoms with Crippen molar-refractivity contribution in [3.8, 4) is 11.9 Å². The molecule has 1 aliphatic rings. The summed E-state index contributed by atoms with van der Waals surface area (Å²) in [4.78, 5) is 31.6. The number of sulfonamides is 1. The number of benzene rings is 1. The quantitative estimate of drug-likeness (QED) is 0.329. The number of aromatic nitrogens is 2. The van der Waals surface area contributed by atoms with Gasteiger partial charge in [-0.05, 0) is 42.7 Å². The van der Waals surface area contributed by atoms with Gasteiger partial charge in [-0.3, -0.25) is 9.59 Å². The zero-order valence-electron chi connectivity index (χ0n) is 20.6. The van der Waals surface area contributed by atoms with Gasteiger partial charge in [0.1, 0.15) is 28.8 Å². The molecule has 37 heavy (non-hydrogen) atoms. The highest BCUT2D eigenvalue weighted by Crippen LogP contribution is 2.45. The number of nitriles is 1. The Morgan fingerprint density at radius 1 is 1.30 bits per heavy atom. The minimum atomic E-state index is -3.80. The van der Waals surface area contributed by atoms with Crippen LogP contribution >= 0.6 is 0 Å². The first-order valence-electron chi connectivity index (χ1n) is 11.4. The van der Waals surface area contributed by atoms with Crippen LogP contribution in [0.1, 0.15) is 34.3 Å². The van der Waals surface area contributed by atoms with Gasteiger partial charge in [0.15, 0.2) is 0 Å². The number of pyridine rings is 2. The second kappa shape index (κ2) is 10.0. The number of hydrogen-bond acceptors (Lipinski definition) is 7. The molecule has 1 aliphatic carbocycles. The van der Waals surface area contributed by atoms with E-state index in [1.165, 1.54) is 35.1 Å². The van der Waals surface area contributed by atoms with Crippen LogP contribution in [-0.4, -0.2) is 60.6 Å². The highest BCUT2D eigenvalue weighted by Gasteiger charge is 2.56. The molecule has 1 saturated carbocycles. The number of ether oxygens (including phenoxy) is 1. The molecule has 192 valence electrons. The van der Waals surface area contributed by atoms with Crippen molar-refractivity contribution in [3.05, 3.63) is 69.6 Å². The van der Waals surface area contributed by atoms with E-state index in [1.54, 1.807) is 44.4 Å². The van der Waals surface area contributed by atoms with Crippen LogP contribution in [0.5, 0.6) is 5.88 Å². The van der Waals surface area contributed by atoms with Crippen molar-refractivity contribution in [1.29, 1.82) is 5.26 Å². The van der Waals surface area contributed by atoms with Crippen LogP contribution < -0.4 is 15.6 Å². The topological polar surface area (TPSA) is 147 Å². The summed E-state index contributed by atoms with van der Waals surface area (Å²) < 4.78 is 35.1. The smallest absolute Gasteiger partial charge is 0.263 e. The standard InChI is InChI=1S/C25H26N6O5S/c1-30(2)16-29-37(34,35)25(9-10-25)15-36-23-21-19(8-11-27-23)12-20(24(33)31(21)3)22(32)28-14-18-6-4-17(13-26)5-7-18/h4-8,11-12,16H,9-10,14-15H2,1-3H3,(H,28,32). The van der Waals surface area contributed by atoms with Gasteiger partial charge in [-0.25, -0.2) is 13.4 Å². The summed E-state index contributed by atoms with van der Waals surface area (Å²) in [6, 6.07) is 11.9. The number of carbonyl (C=O) groups excluding carboxylic acids is 1. The SMILES string of the molecule is CN(C)C=NS(=O)(=O)C1(COc2nccc3cc(C(=O)NCc4ccc(C#N)cc4)c(=O)n(C)c23)CC1.